The van der Waals surface area contributed by atoms with Gasteiger partial charge in [-0.3, -0.25) is 9.59 Å². The predicted octanol–water partition coefficient (Wildman–Crippen LogP) is 3.06. The highest BCUT2D eigenvalue weighted by atomic mass is 35.5. The lowest BCUT2D eigenvalue weighted by Crippen LogP contribution is -2.44. The average Bonchev–Trinajstić information content (AvgIpc) is 2.56. The van der Waals surface area contributed by atoms with Crippen LogP contribution in [0.3, 0.4) is 0 Å². The van der Waals surface area contributed by atoms with Crippen molar-refractivity contribution in [1.29, 1.82) is 0 Å². The Bertz CT molecular complexity index is 535. The Morgan fingerprint density at radius 2 is 1.77 bits per heavy atom. The second kappa shape index (κ2) is 7.63. The number of carbonyl (C=O) groups excluding carboxylic acids is 2. The molecule has 120 valence electrons. The van der Waals surface area contributed by atoms with Crippen LogP contribution in [0.1, 0.15) is 37.0 Å². The molecular formula is C17H23ClN2O2. The van der Waals surface area contributed by atoms with Gasteiger partial charge in [-0.1, -0.05) is 23.7 Å². The van der Waals surface area contributed by atoms with Crippen LogP contribution in [0.25, 0.3) is 0 Å². The van der Waals surface area contributed by atoms with E-state index in [2.05, 4.69) is 0 Å². The van der Waals surface area contributed by atoms with Gasteiger partial charge in [0.25, 0.3) is 5.91 Å². The fraction of sp³-hybridized carbons (Fsp3) is 0.529. The Hall–Kier alpha value is -1.55. The molecule has 1 saturated heterocycles. The molecule has 22 heavy (non-hydrogen) atoms. The molecule has 0 bridgehead atoms. The minimum absolute atomic E-state index is 0.0372. The minimum atomic E-state index is -0.0423. The molecule has 1 aliphatic rings. The van der Waals surface area contributed by atoms with E-state index in [1.54, 1.807) is 17.0 Å². The van der Waals surface area contributed by atoms with E-state index in [-0.39, 0.29) is 17.7 Å². The summed E-state index contributed by atoms with van der Waals surface area (Å²) in [7, 11) is 0. The first-order valence-corrected chi connectivity index (χ1v) is 8.28. The molecule has 5 heteroatoms. The van der Waals surface area contributed by atoms with Crippen LogP contribution in [0.5, 0.6) is 0 Å². The van der Waals surface area contributed by atoms with Crippen LogP contribution in [0.2, 0.25) is 5.02 Å². The maximum absolute atomic E-state index is 12.5. The summed E-state index contributed by atoms with van der Waals surface area (Å²) in [4.78, 5) is 28.5. The van der Waals surface area contributed by atoms with E-state index in [9.17, 15) is 9.59 Å². The van der Waals surface area contributed by atoms with Crippen LogP contribution >= 0.6 is 11.6 Å². The first-order chi connectivity index (χ1) is 10.6. The van der Waals surface area contributed by atoms with E-state index in [1.165, 1.54) is 0 Å². The van der Waals surface area contributed by atoms with Gasteiger partial charge in [-0.05, 0) is 38.8 Å². The topological polar surface area (TPSA) is 40.6 Å². The lowest BCUT2D eigenvalue weighted by atomic mass is 9.94. The number of amides is 2. The van der Waals surface area contributed by atoms with Crippen molar-refractivity contribution >= 4 is 23.4 Å². The summed E-state index contributed by atoms with van der Waals surface area (Å²) in [6.45, 7) is 6.71. The summed E-state index contributed by atoms with van der Waals surface area (Å²) < 4.78 is 0. The fourth-order valence-corrected chi connectivity index (χ4v) is 3.14. The summed E-state index contributed by atoms with van der Waals surface area (Å²) in [5, 5.41) is 0.480. The summed E-state index contributed by atoms with van der Waals surface area (Å²) in [5.41, 5.74) is 0.540. The molecule has 0 aliphatic carbocycles. The maximum atomic E-state index is 12.5. The van der Waals surface area contributed by atoms with E-state index in [1.807, 2.05) is 30.9 Å². The van der Waals surface area contributed by atoms with Gasteiger partial charge in [0.15, 0.2) is 0 Å². The van der Waals surface area contributed by atoms with E-state index in [0.717, 1.165) is 25.9 Å². The Kier molecular flexibility index (Phi) is 5.83. The van der Waals surface area contributed by atoms with Gasteiger partial charge in [-0.2, -0.15) is 0 Å². The highest BCUT2D eigenvalue weighted by molar-refractivity contribution is 6.33. The Labute approximate surface area is 137 Å². The summed E-state index contributed by atoms with van der Waals surface area (Å²) in [5.74, 6) is 0.212. The van der Waals surface area contributed by atoms with Crippen LogP contribution in [0.4, 0.5) is 0 Å². The molecule has 0 atom stereocenters. The summed E-state index contributed by atoms with van der Waals surface area (Å²) in [6.07, 6.45) is 1.46. The van der Waals surface area contributed by atoms with Gasteiger partial charge in [-0.15, -0.1) is 0 Å². The van der Waals surface area contributed by atoms with E-state index in [4.69, 9.17) is 11.6 Å². The number of hydrogen-bond donors (Lipinski definition) is 0. The van der Waals surface area contributed by atoms with Crippen molar-refractivity contribution in [2.75, 3.05) is 26.2 Å². The lowest BCUT2D eigenvalue weighted by Gasteiger charge is -2.34. The Balaban J connectivity index is 1.96. The minimum Gasteiger partial charge on any atom is -0.343 e. The zero-order valence-electron chi connectivity index (χ0n) is 13.2. The van der Waals surface area contributed by atoms with Crippen molar-refractivity contribution in [3.63, 3.8) is 0 Å². The lowest BCUT2D eigenvalue weighted by molar-refractivity contribution is -0.136. The van der Waals surface area contributed by atoms with Crippen LogP contribution < -0.4 is 0 Å². The molecule has 0 saturated carbocycles. The largest absolute Gasteiger partial charge is 0.343 e. The Morgan fingerprint density at radius 1 is 1.18 bits per heavy atom. The van der Waals surface area contributed by atoms with Gasteiger partial charge >= 0.3 is 0 Å². The number of hydrogen-bond acceptors (Lipinski definition) is 2. The predicted molar refractivity (Wildman–Crippen MR) is 88.0 cm³/mol. The average molecular weight is 323 g/mol. The zero-order valence-corrected chi connectivity index (χ0v) is 14.0. The van der Waals surface area contributed by atoms with Crippen LogP contribution in [0, 0.1) is 5.92 Å². The molecule has 2 rings (SSSR count). The summed E-state index contributed by atoms with van der Waals surface area (Å²) >= 11 is 6.09. The number of benzene rings is 1. The molecule has 0 N–H and O–H groups in total. The van der Waals surface area contributed by atoms with Gasteiger partial charge in [-0.25, -0.2) is 0 Å². The SMILES string of the molecule is CCN(CC)C(=O)C1CCN(C(=O)c2ccccc2Cl)CC1. The third-order valence-electron chi connectivity index (χ3n) is 4.31. The number of likely N-dealkylation sites (tertiary alicyclic amines) is 1. The van der Waals surface area contributed by atoms with Crippen molar-refractivity contribution in [3.8, 4) is 0 Å². The molecule has 0 aromatic heterocycles. The Morgan fingerprint density at radius 3 is 2.32 bits per heavy atom. The third kappa shape index (κ3) is 3.61. The highest BCUT2D eigenvalue weighted by Gasteiger charge is 2.30. The van der Waals surface area contributed by atoms with E-state index >= 15 is 0 Å². The van der Waals surface area contributed by atoms with Crippen LogP contribution in [-0.4, -0.2) is 47.8 Å². The second-order valence-electron chi connectivity index (χ2n) is 5.56. The zero-order chi connectivity index (χ0) is 16.1. The first kappa shape index (κ1) is 16.8. The van der Waals surface area contributed by atoms with Gasteiger partial charge in [0.1, 0.15) is 0 Å². The van der Waals surface area contributed by atoms with Crippen LogP contribution in [0.15, 0.2) is 24.3 Å². The molecule has 1 aliphatic heterocycles. The van der Waals surface area contributed by atoms with Gasteiger partial charge in [0.05, 0.1) is 10.6 Å². The first-order valence-electron chi connectivity index (χ1n) is 7.91. The number of nitrogens with zero attached hydrogens (tertiary/aromatic N) is 2. The van der Waals surface area contributed by atoms with Gasteiger partial charge < -0.3 is 9.80 Å². The maximum Gasteiger partial charge on any atom is 0.255 e. The van der Waals surface area contributed by atoms with E-state index < -0.39 is 0 Å². The van der Waals surface area contributed by atoms with Crippen molar-refractivity contribution in [2.45, 2.75) is 26.7 Å². The molecular weight excluding hydrogens is 300 g/mol. The van der Waals surface area contributed by atoms with Crippen molar-refractivity contribution in [1.82, 2.24) is 9.80 Å². The standard InChI is InChI=1S/C17H23ClN2O2/c1-3-19(4-2)16(21)13-9-11-20(12-10-13)17(22)14-7-5-6-8-15(14)18/h5-8,13H,3-4,9-12H2,1-2H3. The molecule has 1 fully saturated rings. The van der Waals surface area contributed by atoms with Crippen molar-refractivity contribution < 1.29 is 9.59 Å². The van der Waals surface area contributed by atoms with E-state index in [0.29, 0.717) is 23.7 Å². The van der Waals surface area contributed by atoms with Crippen molar-refractivity contribution in [3.05, 3.63) is 34.9 Å². The number of rotatable bonds is 4. The van der Waals surface area contributed by atoms with Crippen molar-refractivity contribution in [2.24, 2.45) is 5.92 Å². The monoisotopic (exact) mass is 322 g/mol. The summed E-state index contributed by atoms with van der Waals surface area (Å²) in [6, 6.07) is 7.10. The molecule has 1 aromatic rings. The molecule has 0 unspecified atom stereocenters. The quantitative estimate of drug-likeness (QED) is 0.854. The van der Waals surface area contributed by atoms with Gasteiger partial charge in [0, 0.05) is 32.1 Å². The smallest absolute Gasteiger partial charge is 0.255 e. The second-order valence-corrected chi connectivity index (χ2v) is 5.96. The number of carbonyl (C=O) groups is 2. The number of halogens is 1. The molecule has 1 aromatic carbocycles. The number of piperidine rings is 1. The molecule has 1 heterocycles. The normalized spacial score (nSPS) is 15.7. The highest BCUT2D eigenvalue weighted by Crippen LogP contribution is 2.23. The fourth-order valence-electron chi connectivity index (χ4n) is 2.93. The molecule has 0 spiro atoms. The molecule has 4 nitrogen and oxygen atoms in total. The van der Waals surface area contributed by atoms with Crippen LogP contribution in [-0.2, 0) is 4.79 Å². The molecule has 2 amide bonds. The third-order valence-corrected chi connectivity index (χ3v) is 4.64. The molecule has 0 radical (unpaired) electrons. The van der Waals surface area contributed by atoms with Gasteiger partial charge in [0.2, 0.25) is 5.91 Å².